The van der Waals surface area contributed by atoms with Crippen molar-refractivity contribution in [2.75, 3.05) is 18.1 Å². The van der Waals surface area contributed by atoms with Crippen molar-refractivity contribution in [1.29, 1.82) is 0 Å². The van der Waals surface area contributed by atoms with E-state index in [4.69, 9.17) is 9.72 Å². The number of carbonyl (C=O) groups excluding carboxylic acids is 1. The highest BCUT2D eigenvalue weighted by Crippen LogP contribution is 2.33. The largest absolute Gasteiger partial charge is 0.491 e. The summed E-state index contributed by atoms with van der Waals surface area (Å²) in [6.45, 7) is 4.80. The van der Waals surface area contributed by atoms with Gasteiger partial charge in [0, 0.05) is 24.6 Å². The average molecular weight is 474 g/mol. The maximum atomic E-state index is 13.8. The summed E-state index contributed by atoms with van der Waals surface area (Å²) in [7, 11) is 0. The van der Waals surface area contributed by atoms with E-state index in [1.54, 1.807) is 17.0 Å². The van der Waals surface area contributed by atoms with Gasteiger partial charge in [-0.1, -0.05) is 30.3 Å². The van der Waals surface area contributed by atoms with Gasteiger partial charge in [0.05, 0.1) is 17.6 Å². The smallest absolute Gasteiger partial charge is 0.227 e. The molecule has 180 valence electrons. The number of para-hydroxylation sites is 2. The molecule has 1 saturated heterocycles. The fraction of sp³-hybridized carbons (Fsp3) is 0.286. The number of hydrogen-bond donors (Lipinski definition) is 1. The molecule has 1 N–H and O–H groups in total. The predicted octanol–water partition coefficient (Wildman–Crippen LogP) is 4.75. The van der Waals surface area contributed by atoms with Crippen LogP contribution in [0.4, 0.5) is 10.1 Å². The highest BCUT2D eigenvalue weighted by Gasteiger charge is 2.35. The van der Waals surface area contributed by atoms with E-state index in [1.165, 1.54) is 12.1 Å². The summed E-state index contributed by atoms with van der Waals surface area (Å²) in [4.78, 5) is 19.3. The van der Waals surface area contributed by atoms with Crippen LogP contribution in [0.2, 0.25) is 0 Å². The lowest BCUT2D eigenvalue weighted by atomic mass is 10.1. The van der Waals surface area contributed by atoms with Gasteiger partial charge in [0.15, 0.2) is 0 Å². The molecular formula is C28H28FN3O3. The number of ether oxygens (including phenoxy) is 1. The molecule has 1 aromatic heterocycles. The van der Waals surface area contributed by atoms with Crippen LogP contribution in [0.5, 0.6) is 5.75 Å². The van der Waals surface area contributed by atoms with E-state index in [0.29, 0.717) is 12.2 Å². The van der Waals surface area contributed by atoms with E-state index in [9.17, 15) is 14.3 Å². The van der Waals surface area contributed by atoms with Crippen LogP contribution < -0.4 is 9.64 Å². The Bertz CT molecular complexity index is 1380. The van der Waals surface area contributed by atoms with Crippen LogP contribution in [-0.4, -0.2) is 39.8 Å². The van der Waals surface area contributed by atoms with Gasteiger partial charge in [0.2, 0.25) is 5.91 Å². The molecule has 4 aromatic rings. The van der Waals surface area contributed by atoms with E-state index in [-0.39, 0.29) is 37.2 Å². The lowest BCUT2D eigenvalue weighted by Gasteiger charge is -2.19. The zero-order chi connectivity index (χ0) is 24.5. The normalized spacial score (nSPS) is 16.7. The van der Waals surface area contributed by atoms with Crippen LogP contribution in [0.3, 0.4) is 0 Å². The third-order valence-electron chi connectivity index (χ3n) is 6.46. The molecule has 2 unspecified atom stereocenters. The van der Waals surface area contributed by atoms with Crippen LogP contribution in [0.1, 0.15) is 29.3 Å². The predicted molar refractivity (Wildman–Crippen MR) is 133 cm³/mol. The molecule has 0 radical (unpaired) electrons. The van der Waals surface area contributed by atoms with Crippen LogP contribution in [0.25, 0.3) is 11.0 Å². The summed E-state index contributed by atoms with van der Waals surface area (Å²) in [5.41, 5.74) is 4.35. The number of halogens is 1. The van der Waals surface area contributed by atoms with E-state index in [2.05, 4.69) is 0 Å². The quantitative estimate of drug-likeness (QED) is 0.421. The van der Waals surface area contributed by atoms with Gasteiger partial charge in [-0.15, -0.1) is 0 Å². The number of rotatable bonds is 7. The molecular weight excluding hydrogens is 445 g/mol. The molecule has 2 heterocycles. The molecule has 6 nitrogen and oxygen atoms in total. The zero-order valence-electron chi connectivity index (χ0n) is 19.8. The minimum atomic E-state index is -0.775. The molecule has 0 bridgehead atoms. The summed E-state index contributed by atoms with van der Waals surface area (Å²) in [5, 5.41) is 10.9. The van der Waals surface area contributed by atoms with Gasteiger partial charge in [0.1, 0.15) is 30.1 Å². The molecule has 1 aliphatic heterocycles. The highest BCUT2D eigenvalue weighted by atomic mass is 19.1. The third-order valence-corrected chi connectivity index (χ3v) is 6.46. The number of amides is 1. The van der Waals surface area contributed by atoms with Gasteiger partial charge in [-0.3, -0.25) is 4.79 Å². The number of benzene rings is 3. The maximum absolute atomic E-state index is 13.8. The first-order valence-electron chi connectivity index (χ1n) is 11.8. The number of anilines is 1. The van der Waals surface area contributed by atoms with Crippen molar-refractivity contribution < 1.29 is 19.0 Å². The van der Waals surface area contributed by atoms with Gasteiger partial charge in [-0.2, -0.15) is 0 Å². The number of aliphatic hydroxyl groups excluding tert-OH is 1. The Morgan fingerprint density at radius 1 is 1.11 bits per heavy atom. The number of fused-ring (bicyclic) bond motifs is 1. The molecule has 0 spiro atoms. The number of aromatic nitrogens is 2. The minimum absolute atomic E-state index is 0.0713. The van der Waals surface area contributed by atoms with Crippen molar-refractivity contribution in [2.45, 2.75) is 38.8 Å². The Morgan fingerprint density at radius 3 is 2.77 bits per heavy atom. The van der Waals surface area contributed by atoms with Crippen LogP contribution in [0.15, 0.2) is 66.7 Å². The van der Waals surface area contributed by atoms with E-state index in [1.807, 2.05) is 60.9 Å². The lowest BCUT2D eigenvalue weighted by molar-refractivity contribution is -0.117. The van der Waals surface area contributed by atoms with Gasteiger partial charge < -0.3 is 19.3 Å². The molecule has 7 heteroatoms. The molecule has 1 amide bonds. The summed E-state index contributed by atoms with van der Waals surface area (Å²) < 4.78 is 21.7. The Kier molecular flexibility index (Phi) is 6.26. The summed E-state index contributed by atoms with van der Waals surface area (Å²) >= 11 is 0. The SMILES string of the molecule is Cc1ccc(C)c(OCC(O)Cn2c(C3CC(=O)N(c4cccc(F)c4)C3)nc3ccccc32)c1. The van der Waals surface area contributed by atoms with E-state index >= 15 is 0 Å². The summed E-state index contributed by atoms with van der Waals surface area (Å²) in [5.74, 6) is 0.873. The van der Waals surface area contributed by atoms with Gasteiger partial charge >= 0.3 is 0 Å². The van der Waals surface area contributed by atoms with Crippen LogP contribution in [-0.2, 0) is 11.3 Å². The molecule has 2 atom stereocenters. The molecule has 0 aliphatic carbocycles. The number of nitrogens with zero attached hydrogens (tertiary/aromatic N) is 3. The maximum Gasteiger partial charge on any atom is 0.227 e. The second-order valence-electron chi connectivity index (χ2n) is 9.19. The summed E-state index contributed by atoms with van der Waals surface area (Å²) in [6.07, 6.45) is -0.503. The molecule has 5 rings (SSSR count). The number of hydrogen-bond acceptors (Lipinski definition) is 4. The second-order valence-corrected chi connectivity index (χ2v) is 9.19. The number of carbonyl (C=O) groups is 1. The van der Waals surface area contributed by atoms with Gasteiger partial charge in [-0.25, -0.2) is 9.37 Å². The van der Waals surface area contributed by atoms with Gasteiger partial charge in [0.25, 0.3) is 0 Å². The zero-order valence-corrected chi connectivity index (χ0v) is 19.8. The molecule has 1 fully saturated rings. The molecule has 35 heavy (non-hydrogen) atoms. The average Bonchev–Trinajstić information content (AvgIpc) is 3.40. The highest BCUT2D eigenvalue weighted by molar-refractivity contribution is 5.96. The summed E-state index contributed by atoms with van der Waals surface area (Å²) in [6, 6.07) is 19.8. The number of aliphatic hydroxyl groups is 1. The first-order valence-corrected chi connectivity index (χ1v) is 11.8. The lowest BCUT2D eigenvalue weighted by Crippen LogP contribution is -2.26. The number of imidazole rings is 1. The second kappa shape index (κ2) is 9.50. The fourth-order valence-electron chi connectivity index (χ4n) is 4.68. The van der Waals surface area contributed by atoms with E-state index in [0.717, 1.165) is 33.7 Å². The first-order chi connectivity index (χ1) is 16.9. The van der Waals surface area contributed by atoms with Crippen molar-refractivity contribution in [3.8, 4) is 5.75 Å². The van der Waals surface area contributed by atoms with Gasteiger partial charge in [-0.05, 0) is 61.4 Å². The fourth-order valence-corrected chi connectivity index (χ4v) is 4.68. The topological polar surface area (TPSA) is 67.6 Å². The third kappa shape index (κ3) is 4.77. The van der Waals surface area contributed by atoms with E-state index < -0.39 is 6.10 Å². The van der Waals surface area contributed by atoms with Crippen LogP contribution >= 0.6 is 0 Å². The van der Waals surface area contributed by atoms with Crippen molar-refractivity contribution in [3.63, 3.8) is 0 Å². The first kappa shape index (κ1) is 23.1. The standard InChI is InChI=1S/C28H28FN3O3/c1-18-10-11-19(2)26(12-18)35-17-23(33)16-32-25-9-4-3-8-24(25)30-28(32)20-13-27(34)31(15-20)22-7-5-6-21(29)14-22/h3-12,14,20,23,33H,13,15-17H2,1-2H3. The minimum Gasteiger partial charge on any atom is -0.491 e. The van der Waals surface area contributed by atoms with Crippen molar-refractivity contribution >= 4 is 22.6 Å². The molecule has 0 saturated carbocycles. The monoisotopic (exact) mass is 473 g/mol. The Labute approximate surface area is 203 Å². The van der Waals surface area contributed by atoms with Crippen molar-refractivity contribution in [2.24, 2.45) is 0 Å². The Hall–Kier alpha value is -3.71. The van der Waals surface area contributed by atoms with Crippen molar-refractivity contribution in [1.82, 2.24) is 9.55 Å². The molecule has 1 aliphatic rings. The number of aryl methyl sites for hydroxylation is 2. The van der Waals surface area contributed by atoms with Crippen molar-refractivity contribution in [3.05, 3.63) is 89.5 Å². The molecule has 3 aromatic carbocycles. The Balaban J connectivity index is 1.39. The Morgan fingerprint density at radius 2 is 1.94 bits per heavy atom. The van der Waals surface area contributed by atoms with Crippen LogP contribution in [0, 0.1) is 19.7 Å².